The van der Waals surface area contributed by atoms with Crippen molar-refractivity contribution in [2.75, 3.05) is 31.7 Å². The number of methoxy groups -OCH3 is 1. The molecule has 1 aliphatic heterocycles. The summed E-state index contributed by atoms with van der Waals surface area (Å²) in [4.78, 5) is 35.4. The second-order valence-electron chi connectivity index (χ2n) is 9.85. The van der Waals surface area contributed by atoms with Gasteiger partial charge in [-0.25, -0.2) is 9.67 Å². The molecule has 5 rings (SSSR count). The fourth-order valence-electron chi connectivity index (χ4n) is 5.68. The molecule has 0 spiro atoms. The number of carbonyl (C=O) groups is 1. The lowest BCUT2D eigenvalue weighted by Crippen LogP contribution is -2.37. The van der Waals surface area contributed by atoms with E-state index in [2.05, 4.69) is 9.88 Å². The van der Waals surface area contributed by atoms with Crippen molar-refractivity contribution in [1.29, 1.82) is 0 Å². The van der Waals surface area contributed by atoms with Crippen LogP contribution in [0.2, 0.25) is 0 Å². The summed E-state index contributed by atoms with van der Waals surface area (Å²) in [6, 6.07) is 5.93. The number of H-pyrrole nitrogens is 1. The van der Waals surface area contributed by atoms with Crippen molar-refractivity contribution in [3.63, 3.8) is 0 Å². The molecule has 1 N–H and O–H groups in total. The van der Waals surface area contributed by atoms with Crippen LogP contribution in [-0.4, -0.2) is 52.5 Å². The van der Waals surface area contributed by atoms with Crippen LogP contribution in [0, 0.1) is 5.92 Å². The Hall–Kier alpha value is -3.36. The first kappa shape index (κ1) is 24.3. The van der Waals surface area contributed by atoms with Gasteiger partial charge in [-0.05, 0) is 44.7 Å². The maximum atomic E-state index is 13.3. The zero-order valence-corrected chi connectivity index (χ0v) is 21.4. The lowest BCUT2D eigenvalue weighted by molar-refractivity contribution is -0.148. The molecular formula is C27H35N5O4. The van der Waals surface area contributed by atoms with Crippen LogP contribution in [0.15, 0.2) is 23.0 Å². The van der Waals surface area contributed by atoms with Crippen molar-refractivity contribution < 1.29 is 14.3 Å². The van der Waals surface area contributed by atoms with Crippen LogP contribution in [0.3, 0.4) is 0 Å². The maximum absolute atomic E-state index is 13.3. The smallest absolute Gasteiger partial charge is 0.309 e. The lowest BCUT2D eigenvalue weighted by Gasteiger charge is -2.32. The molecule has 1 saturated carbocycles. The van der Waals surface area contributed by atoms with E-state index in [0.717, 1.165) is 55.7 Å². The lowest BCUT2D eigenvalue weighted by atomic mass is 9.86. The van der Waals surface area contributed by atoms with E-state index in [1.807, 2.05) is 32.2 Å². The van der Waals surface area contributed by atoms with E-state index in [1.165, 1.54) is 19.3 Å². The van der Waals surface area contributed by atoms with E-state index >= 15 is 0 Å². The molecule has 1 aliphatic carbocycles. The fourth-order valence-corrected chi connectivity index (χ4v) is 5.68. The summed E-state index contributed by atoms with van der Waals surface area (Å²) in [7, 11) is 3.47. The van der Waals surface area contributed by atoms with Crippen molar-refractivity contribution in [1.82, 2.24) is 19.7 Å². The number of hydrogen-bond donors (Lipinski definition) is 1. The SMILES string of the molecule is CCOC(=O)C1CCN(c2ccc(-c3nc4c(c(C5CCCCC5)nn4C)c(=O)[nH]3)c(OC)c2)CC1. The number of nitrogens with one attached hydrogen (secondary N) is 1. The van der Waals surface area contributed by atoms with Gasteiger partial charge in [-0.2, -0.15) is 5.10 Å². The van der Waals surface area contributed by atoms with E-state index in [-0.39, 0.29) is 17.4 Å². The second kappa shape index (κ2) is 10.3. The first-order valence-corrected chi connectivity index (χ1v) is 13.1. The number of fused-ring (bicyclic) bond motifs is 1. The van der Waals surface area contributed by atoms with Gasteiger partial charge in [0.15, 0.2) is 5.65 Å². The second-order valence-corrected chi connectivity index (χ2v) is 9.85. The summed E-state index contributed by atoms with van der Waals surface area (Å²) in [5.41, 5.74) is 3.06. The van der Waals surface area contributed by atoms with Gasteiger partial charge >= 0.3 is 5.97 Å². The van der Waals surface area contributed by atoms with Crippen LogP contribution in [0.5, 0.6) is 5.75 Å². The van der Waals surface area contributed by atoms with Gasteiger partial charge in [-0.15, -0.1) is 0 Å². The summed E-state index contributed by atoms with van der Waals surface area (Å²) >= 11 is 0. The van der Waals surface area contributed by atoms with Crippen LogP contribution in [0.25, 0.3) is 22.4 Å². The minimum atomic E-state index is -0.157. The Morgan fingerprint density at radius 2 is 1.89 bits per heavy atom. The van der Waals surface area contributed by atoms with Crippen molar-refractivity contribution >= 4 is 22.7 Å². The minimum absolute atomic E-state index is 0.0410. The average molecular weight is 494 g/mol. The van der Waals surface area contributed by atoms with Gasteiger partial charge in [0.2, 0.25) is 0 Å². The predicted molar refractivity (Wildman–Crippen MR) is 139 cm³/mol. The number of anilines is 1. The van der Waals surface area contributed by atoms with Crippen LogP contribution in [-0.2, 0) is 16.6 Å². The van der Waals surface area contributed by atoms with Gasteiger partial charge in [0.05, 0.1) is 30.9 Å². The zero-order valence-electron chi connectivity index (χ0n) is 21.4. The molecule has 0 radical (unpaired) electrons. The number of nitrogens with zero attached hydrogens (tertiary/aromatic N) is 4. The summed E-state index contributed by atoms with van der Waals surface area (Å²) < 4.78 is 12.6. The summed E-state index contributed by atoms with van der Waals surface area (Å²) in [5, 5.41) is 5.33. The largest absolute Gasteiger partial charge is 0.496 e. The number of aryl methyl sites for hydroxylation is 1. The monoisotopic (exact) mass is 493 g/mol. The molecule has 2 fully saturated rings. The van der Waals surface area contributed by atoms with E-state index in [1.54, 1.807) is 11.8 Å². The highest BCUT2D eigenvalue weighted by Crippen LogP contribution is 2.36. The molecule has 36 heavy (non-hydrogen) atoms. The number of aromatic nitrogens is 4. The van der Waals surface area contributed by atoms with E-state index in [0.29, 0.717) is 35.1 Å². The van der Waals surface area contributed by atoms with E-state index in [9.17, 15) is 9.59 Å². The van der Waals surface area contributed by atoms with Gasteiger partial charge < -0.3 is 19.4 Å². The Balaban J connectivity index is 1.42. The number of ether oxygens (including phenoxy) is 2. The molecule has 9 nitrogen and oxygen atoms in total. The number of aromatic amines is 1. The molecule has 2 aliphatic rings. The minimum Gasteiger partial charge on any atom is -0.496 e. The topological polar surface area (TPSA) is 102 Å². The van der Waals surface area contributed by atoms with Crippen LogP contribution >= 0.6 is 0 Å². The van der Waals surface area contributed by atoms with Crippen molar-refractivity contribution in [3.8, 4) is 17.1 Å². The number of hydrogen-bond acceptors (Lipinski definition) is 7. The highest BCUT2D eigenvalue weighted by atomic mass is 16.5. The molecule has 0 atom stereocenters. The van der Waals surface area contributed by atoms with Crippen LogP contribution < -0.4 is 15.2 Å². The van der Waals surface area contributed by atoms with Crippen molar-refractivity contribution in [2.45, 2.75) is 57.8 Å². The van der Waals surface area contributed by atoms with Crippen LogP contribution in [0.4, 0.5) is 5.69 Å². The number of rotatable bonds is 6. The molecule has 0 amide bonds. The van der Waals surface area contributed by atoms with E-state index < -0.39 is 0 Å². The Bertz CT molecular complexity index is 1300. The predicted octanol–water partition coefficient (Wildman–Crippen LogP) is 4.16. The third-order valence-electron chi connectivity index (χ3n) is 7.63. The molecule has 0 bridgehead atoms. The molecule has 1 aromatic carbocycles. The van der Waals surface area contributed by atoms with Gasteiger partial charge in [-0.1, -0.05) is 19.3 Å². The Morgan fingerprint density at radius 3 is 2.58 bits per heavy atom. The average Bonchev–Trinajstić information content (AvgIpc) is 3.26. The summed E-state index contributed by atoms with van der Waals surface area (Å²) in [5.74, 6) is 1.28. The van der Waals surface area contributed by atoms with Gasteiger partial charge in [-0.3, -0.25) is 9.59 Å². The fraction of sp³-hybridized carbons (Fsp3) is 0.556. The molecule has 2 aromatic heterocycles. The Labute approximate surface area is 210 Å². The normalized spacial score (nSPS) is 17.5. The van der Waals surface area contributed by atoms with Gasteiger partial charge in [0, 0.05) is 37.8 Å². The van der Waals surface area contributed by atoms with Crippen LogP contribution in [0.1, 0.15) is 63.5 Å². The summed E-state index contributed by atoms with van der Waals surface area (Å²) in [6.07, 6.45) is 7.27. The number of piperidine rings is 1. The van der Waals surface area contributed by atoms with Gasteiger partial charge in [0.25, 0.3) is 5.56 Å². The first-order valence-electron chi connectivity index (χ1n) is 13.1. The number of benzene rings is 1. The molecule has 0 unspecified atom stereocenters. The highest BCUT2D eigenvalue weighted by Gasteiger charge is 2.27. The number of esters is 1. The molecule has 192 valence electrons. The molecule has 3 aromatic rings. The molecular weight excluding hydrogens is 458 g/mol. The third-order valence-corrected chi connectivity index (χ3v) is 7.63. The van der Waals surface area contributed by atoms with E-state index in [4.69, 9.17) is 19.6 Å². The highest BCUT2D eigenvalue weighted by molar-refractivity contribution is 5.81. The molecule has 3 heterocycles. The summed E-state index contributed by atoms with van der Waals surface area (Å²) in [6.45, 7) is 3.79. The molecule has 1 saturated heterocycles. The van der Waals surface area contributed by atoms with Gasteiger partial charge in [0.1, 0.15) is 17.0 Å². The quantitative estimate of drug-likeness (QED) is 0.515. The zero-order chi connectivity index (χ0) is 25.2. The van der Waals surface area contributed by atoms with Crippen molar-refractivity contribution in [2.24, 2.45) is 13.0 Å². The Kier molecular flexibility index (Phi) is 6.98. The Morgan fingerprint density at radius 1 is 1.14 bits per heavy atom. The maximum Gasteiger partial charge on any atom is 0.309 e. The molecule has 9 heteroatoms. The third kappa shape index (κ3) is 4.58. The number of carbonyl (C=O) groups excluding carboxylic acids is 1. The first-order chi connectivity index (χ1) is 17.5. The standard InChI is InChI=1S/C27H35N5O4/c1-4-36-27(34)18-12-14-32(15-13-18)19-10-11-20(21(16-19)35-3)24-28-25-22(26(33)29-24)23(30-31(25)2)17-8-6-5-7-9-17/h10-11,16-18H,4-9,12-15H2,1-3H3,(H,28,29,33). The van der Waals surface area contributed by atoms with Crippen molar-refractivity contribution in [3.05, 3.63) is 34.2 Å².